The third kappa shape index (κ3) is 4.33. The molecule has 0 bridgehead atoms. The monoisotopic (exact) mass is 266 g/mol. The number of hydrogen-bond acceptors (Lipinski definition) is 2. The number of aliphatic carboxylic acids is 1. The maximum Gasteiger partial charge on any atom is 0.404 e. The molecule has 0 aromatic heterocycles. The molecule has 6 heteroatoms. The number of carboxylic acid groups (broad SMARTS) is 1. The van der Waals surface area contributed by atoms with E-state index in [4.69, 9.17) is 9.84 Å². The minimum Gasteiger partial charge on any atom is -0.481 e. The summed E-state index contributed by atoms with van der Waals surface area (Å²) >= 11 is 0. The van der Waals surface area contributed by atoms with Gasteiger partial charge in [-0.15, -0.1) is 0 Å². The van der Waals surface area contributed by atoms with Crippen LogP contribution in [0.4, 0.5) is 13.2 Å². The van der Waals surface area contributed by atoms with Crippen LogP contribution < -0.4 is 0 Å². The van der Waals surface area contributed by atoms with E-state index in [9.17, 15) is 18.0 Å². The Balaban J connectivity index is 2.40. The smallest absolute Gasteiger partial charge is 0.404 e. The van der Waals surface area contributed by atoms with Gasteiger partial charge in [0, 0.05) is 6.61 Å². The standard InChI is InChI=1S/C12H17F3O3/c1-8-4-2-3-5-9(8)6-18-7-10(11(16)17)12(13,14)15/h2-3,8-10H,4-7H2,1H3,(H,16,17). The second-order valence-corrected chi connectivity index (χ2v) is 4.65. The summed E-state index contributed by atoms with van der Waals surface area (Å²) in [5, 5.41) is 8.49. The molecule has 3 atom stereocenters. The van der Waals surface area contributed by atoms with Crippen molar-refractivity contribution in [1.29, 1.82) is 0 Å². The highest BCUT2D eigenvalue weighted by Gasteiger charge is 2.45. The predicted octanol–water partition coefficient (Wildman–Crippen LogP) is 2.87. The van der Waals surface area contributed by atoms with Crippen molar-refractivity contribution >= 4 is 5.97 Å². The van der Waals surface area contributed by atoms with E-state index in [1.807, 2.05) is 19.1 Å². The van der Waals surface area contributed by atoms with Gasteiger partial charge in [-0.05, 0) is 24.7 Å². The summed E-state index contributed by atoms with van der Waals surface area (Å²) in [5.41, 5.74) is 0. The molecule has 0 saturated heterocycles. The molecule has 1 N–H and O–H groups in total. The first-order valence-corrected chi connectivity index (χ1v) is 5.84. The lowest BCUT2D eigenvalue weighted by Gasteiger charge is -2.25. The maximum absolute atomic E-state index is 12.3. The normalized spacial score (nSPS) is 26.0. The first-order chi connectivity index (χ1) is 8.32. The van der Waals surface area contributed by atoms with Gasteiger partial charge in [0.25, 0.3) is 0 Å². The van der Waals surface area contributed by atoms with Gasteiger partial charge in [0.1, 0.15) is 0 Å². The van der Waals surface area contributed by atoms with Crippen LogP contribution in [0.3, 0.4) is 0 Å². The molecule has 18 heavy (non-hydrogen) atoms. The van der Waals surface area contributed by atoms with Crippen LogP contribution in [0.15, 0.2) is 12.2 Å². The van der Waals surface area contributed by atoms with Gasteiger partial charge in [-0.1, -0.05) is 19.1 Å². The number of ether oxygens (including phenoxy) is 1. The van der Waals surface area contributed by atoms with E-state index < -0.39 is 24.7 Å². The topological polar surface area (TPSA) is 46.5 Å². The highest BCUT2D eigenvalue weighted by atomic mass is 19.4. The highest BCUT2D eigenvalue weighted by molar-refractivity contribution is 5.71. The maximum atomic E-state index is 12.3. The Kier molecular flexibility index (Phi) is 5.19. The van der Waals surface area contributed by atoms with Crippen LogP contribution in [-0.2, 0) is 9.53 Å². The van der Waals surface area contributed by atoms with E-state index in [1.54, 1.807) is 0 Å². The molecule has 0 aromatic carbocycles. The Hall–Kier alpha value is -1.04. The molecule has 1 rings (SSSR count). The van der Waals surface area contributed by atoms with E-state index >= 15 is 0 Å². The fraction of sp³-hybridized carbons (Fsp3) is 0.750. The summed E-state index contributed by atoms with van der Waals surface area (Å²) in [6, 6.07) is 0. The van der Waals surface area contributed by atoms with Crippen LogP contribution in [0.5, 0.6) is 0 Å². The molecule has 1 aliphatic carbocycles. The summed E-state index contributed by atoms with van der Waals surface area (Å²) in [5.74, 6) is -3.81. The molecular weight excluding hydrogens is 249 g/mol. The van der Waals surface area contributed by atoms with Gasteiger partial charge in [0.2, 0.25) is 0 Å². The highest BCUT2D eigenvalue weighted by Crippen LogP contribution is 2.28. The van der Waals surface area contributed by atoms with Crippen LogP contribution >= 0.6 is 0 Å². The van der Waals surface area contributed by atoms with Crippen molar-refractivity contribution in [3.05, 3.63) is 12.2 Å². The summed E-state index contributed by atoms with van der Waals surface area (Å²) in [7, 11) is 0. The Bertz CT molecular complexity index is 312. The van der Waals surface area contributed by atoms with Crippen LogP contribution in [0.2, 0.25) is 0 Å². The van der Waals surface area contributed by atoms with Crippen LogP contribution in [0.1, 0.15) is 19.8 Å². The van der Waals surface area contributed by atoms with Gasteiger partial charge < -0.3 is 9.84 Å². The van der Waals surface area contributed by atoms with E-state index in [0.29, 0.717) is 5.92 Å². The van der Waals surface area contributed by atoms with Gasteiger partial charge in [-0.25, -0.2) is 0 Å². The predicted molar refractivity (Wildman–Crippen MR) is 59.0 cm³/mol. The molecule has 0 aromatic rings. The molecule has 0 heterocycles. The summed E-state index contributed by atoms with van der Waals surface area (Å²) in [6.07, 6.45) is 0.911. The number of carboxylic acids is 1. The lowest BCUT2D eigenvalue weighted by Crippen LogP contribution is -2.35. The van der Waals surface area contributed by atoms with Gasteiger partial charge in [-0.3, -0.25) is 4.79 Å². The van der Waals surface area contributed by atoms with Gasteiger partial charge in [0.15, 0.2) is 5.92 Å². The van der Waals surface area contributed by atoms with Crippen molar-refractivity contribution in [2.45, 2.75) is 25.9 Å². The Labute approximate surface area is 104 Å². The zero-order valence-electron chi connectivity index (χ0n) is 10.1. The van der Waals surface area contributed by atoms with Crippen LogP contribution in [-0.4, -0.2) is 30.5 Å². The Morgan fingerprint density at radius 2 is 2.06 bits per heavy atom. The number of allylic oxidation sites excluding steroid dienone is 2. The number of rotatable bonds is 5. The minimum atomic E-state index is -4.76. The van der Waals surface area contributed by atoms with Crippen molar-refractivity contribution in [3.8, 4) is 0 Å². The third-order valence-electron chi connectivity index (χ3n) is 3.23. The summed E-state index contributed by atoms with van der Waals surface area (Å²) < 4.78 is 42.0. The number of halogens is 3. The van der Waals surface area contributed by atoms with Gasteiger partial charge in [-0.2, -0.15) is 13.2 Å². The van der Waals surface area contributed by atoms with Crippen LogP contribution in [0.25, 0.3) is 0 Å². The Morgan fingerprint density at radius 3 is 2.56 bits per heavy atom. The molecule has 3 nitrogen and oxygen atoms in total. The molecule has 0 radical (unpaired) electrons. The first-order valence-electron chi connectivity index (χ1n) is 5.84. The molecule has 1 aliphatic rings. The van der Waals surface area contributed by atoms with E-state index in [-0.39, 0.29) is 12.5 Å². The summed E-state index contributed by atoms with van der Waals surface area (Å²) in [4.78, 5) is 10.5. The Morgan fingerprint density at radius 1 is 1.44 bits per heavy atom. The van der Waals surface area contributed by atoms with E-state index in [1.165, 1.54) is 0 Å². The fourth-order valence-electron chi connectivity index (χ4n) is 1.88. The molecule has 0 saturated carbocycles. The van der Waals surface area contributed by atoms with Crippen molar-refractivity contribution in [1.82, 2.24) is 0 Å². The van der Waals surface area contributed by atoms with Gasteiger partial charge >= 0.3 is 12.1 Å². The molecule has 0 spiro atoms. The van der Waals surface area contributed by atoms with Gasteiger partial charge in [0.05, 0.1) is 6.61 Å². The minimum absolute atomic E-state index is 0.165. The SMILES string of the molecule is CC1CC=CCC1COCC(C(=O)O)C(F)(F)F. The summed E-state index contributed by atoms with van der Waals surface area (Å²) in [6.45, 7) is 1.37. The number of carbonyl (C=O) groups is 1. The zero-order chi connectivity index (χ0) is 13.8. The van der Waals surface area contributed by atoms with Crippen molar-refractivity contribution in [2.24, 2.45) is 17.8 Å². The number of alkyl halides is 3. The quantitative estimate of drug-likeness (QED) is 0.778. The van der Waals surface area contributed by atoms with Crippen molar-refractivity contribution in [3.63, 3.8) is 0 Å². The van der Waals surface area contributed by atoms with E-state index in [0.717, 1.165) is 12.8 Å². The van der Waals surface area contributed by atoms with E-state index in [2.05, 4.69) is 0 Å². The molecule has 0 amide bonds. The zero-order valence-corrected chi connectivity index (χ0v) is 10.1. The second kappa shape index (κ2) is 6.22. The second-order valence-electron chi connectivity index (χ2n) is 4.65. The average molecular weight is 266 g/mol. The largest absolute Gasteiger partial charge is 0.481 e. The molecule has 104 valence electrons. The number of hydrogen-bond donors (Lipinski definition) is 1. The fourth-order valence-corrected chi connectivity index (χ4v) is 1.88. The molecule has 3 unspecified atom stereocenters. The molecule has 0 fully saturated rings. The van der Waals surface area contributed by atoms with Crippen molar-refractivity contribution in [2.75, 3.05) is 13.2 Å². The first kappa shape index (κ1) is 15.0. The average Bonchev–Trinajstić information content (AvgIpc) is 2.24. The van der Waals surface area contributed by atoms with Crippen LogP contribution in [0, 0.1) is 17.8 Å². The lowest BCUT2D eigenvalue weighted by atomic mass is 9.85. The third-order valence-corrected chi connectivity index (χ3v) is 3.23. The van der Waals surface area contributed by atoms with Crippen molar-refractivity contribution < 1.29 is 27.8 Å². The lowest BCUT2D eigenvalue weighted by molar-refractivity contribution is -0.203. The molecule has 0 aliphatic heterocycles. The molecular formula is C12H17F3O3.